The summed E-state index contributed by atoms with van der Waals surface area (Å²) in [5, 5.41) is 28.9. The van der Waals surface area contributed by atoms with E-state index in [0.29, 0.717) is 6.61 Å². The molecule has 1 saturated heterocycles. The van der Waals surface area contributed by atoms with Gasteiger partial charge in [-0.15, -0.1) is 0 Å². The Morgan fingerprint density at radius 3 is 2.52 bits per heavy atom. The van der Waals surface area contributed by atoms with Gasteiger partial charge in [0.2, 0.25) is 0 Å². The molecule has 152 valence electrons. The van der Waals surface area contributed by atoms with Crippen molar-refractivity contribution in [2.45, 2.75) is 69.5 Å². The van der Waals surface area contributed by atoms with Gasteiger partial charge in [0.15, 0.2) is 6.29 Å². The predicted octanol–water partition coefficient (Wildman–Crippen LogP) is 2.03. The number of unbranched alkanes of at least 4 members (excludes halogenated alkanes) is 1. The molecule has 0 unspecified atom stereocenters. The third-order valence-corrected chi connectivity index (χ3v) is 5.48. The van der Waals surface area contributed by atoms with Gasteiger partial charge in [-0.1, -0.05) is 18.6 Å². The third-order valence-electron chi connectivity index (χ3n) is 5.48. The molecule has 6 heteroatoms. The van der Waals surface area contributed by atoms with Gasteiger partial charge in [0.1, 0.15) is 11.9 Å². The summed E-state index contributed by atoms with van der Waals surface area (Å²) in [7, 11) is 0. The molecule has 27 heavy (non-hydrogen) atoms. The van der Waals surface area contributed by atoms with Crippen molar-refractivity contribution < 1.29 is 29.5 Å². The molecule has 0 spiro atoms. The lowest BCUT2D eigenvalue weighted by molar-refractivity contribution is -0.271. The molecule has 2 fully saturated rings. The van der Waals surface area contributed by atoms with Crippen LogP contribution >= 0.6 is 0 Å². The number of aliphatic hydroxyl groups excluding tert-OH is 3. The van der Waals surface area contributed by atoms with Crippen molar-refractivity contribution in [2.75, 3.05) is 19.8 Å². The highest BCUT2D eigenvalue weighted by Gasteiger charge is 2.36. The maximum Gasteiger partial charge on any atom is 0.186 e. The van der Waals surface area contributed by atoms with Crippen molar-refractivity contribution in [3.63, 3.8) is 0 Å². The number of ether oxygens (including phenoxy) is 3. The van der Waals surface area contributed by atoms with Gasteiger partial charge in [0.05, 0.1) is 25.4 Å². The first kappa shape index (κ1) is 20.6. The third kappa shape index (κ3) is 6.16. The van der Waals surface area contributed by atoms with E-state index in [9.17, 15) is 10.2 Å². The minimum absolute atomic E-state index is 0.190. The van der Waals surface area contributed by atoms with Crippen molar-refractivity contribution in [3.8, 4) is 5.75 Å². The van der Waals surface area contributed by atoms with E-state index in [2.05, 4.69) is 12.1 Å². The summed E-state index contributed by atoms with van der Waals surface area (Å²) in [4.78, 5) is 0. The molecule has 0 amide bonds. The molecule has 6 nitrogen and oxygen atoms in total. The lowest BCUT2D eigenvalue weighted by Crippen LogP contribution is -2.50. The Hall–Kier alpha value is -1.18. The van der Waals surface area contributed by atoms with Crippen LogP contribution in [-0.4, -0.2) is 59.7 Å². The molecular formula is C21H32O6. The smallest absolute Gasteiger partial charge is 0.186 e. The van der Waals surface area contributed by atoms with E-state index in [0.717, 1.165) is 37.5 Å². The topological polar surface area (TPSA) is 88.4 Å². The highest BCUT2D eigenvalue weighted by molar-refractivity contribution is 5.27. The molecule has 1 aliphatic heterocycles. The molecule has 1 aromatic carbocycles. The van der Waals surface area contributed by atoms with E-state index >= 15 is 0 Å². The lowest BCUT2D eigenvalue weighted by Gasteiger charge is -2.36. The zero-order valence-corrected chi connectivity index (χ0v) is 15.8. The fourth-order valence-corrected chi connectivity index (χ4v) is 3.43. The summed E-state index contributed by atoms with van der Waals surface area (Å²) in [5.74, 6) is 1.68. The van der Waals surface area contributed by atoms with Gasteiger partial charge in [-0.3, -0.25) is 0 Å². The number of hydrogen-bond acceptors (Lipinski definition) is 6. The molecule has 0 radical (unpaired) electrons. The van der Waals surface area contributed by atoms with Crippen LogP contribution in [0.3, 0.4) is 0 Å². The van der Waals surface area contributed by atoms with Crippen molar-refractivity contribution in [1.29, 1.82) is 0 Å². The van der Waals surface area contributed by atoms with Crippen LogP contribution in [0.1, 0.15) is 44.1 Å². The van der Waals surface area contributed by atoms with Crippen LogP contribution in [0.15, 0.2) is 24.3 Å². The number of hydrogen-bond donors (Lipinski definition) is 3. The van der Waals surface area contributed by atoms with E-state index in [-0.39, 0.29) is 13.0 Å². The molecule has 1 heterocycles. The minimum Gasteiger partial charge on any atom is -0.493 e. The maximum atomic E-state index is 9.92. The normalized spacial score (nSPS) is 28.7. The van der Waals surface area contributed by atoms with Crippen molar-refractivity contribution in [2.24, 2.45) is 5.92 Å². The number of aliphatic hydroxyl groups is 3. The fourth-order valence-electron chi connectivity index (χ4n) is 3.43. The second-order valence-electron chi connectivity index (χ2n) is 7.68. The predicted molar refractivity (Wildman–Crippen MR) is 101 cm³/mol. The van der Waals surface area contributed by atoms with Gasteiger partial charge in [-0.05, 0) is 55.7 Å². The zero-order valence-electron chi connectivity index (χ0n) is 15.8. The van der Waals surface area contributed by atoms with Crippen LogP contribution in [0.2, 0.25) is 0 Å². The molecule has 3 N–H and O–H groups in total. The molecule has 1 aliphatic carbocycles. The van der Waals surface area contributed by atoms with E-state index in [4.69, 9.17) is 19.3 Å². The summed E-state index contributed by atoms with van der Waals surface area (Å²) in [6, 6.07) is 8.28. The first-order chi connectivity index (χ1) is 13.2. The summed E-state index contributed by atoms with van der Waals surface area (Å²) in [6.07, 6.45) is 3.52. The van der Waals surface area contributed by atoms with Crippen LogP contribution in [0.25, 0.3) is 0 Å². The average molecular weight is 380 g/mol. The van der Waals surface area contributed by atoms with Crippen LogP contribution in [0.5, 0.6) is 5.75 Å². The number of benzene rings is 1. The van der Waals surface area contributed by atoms with E-state index in [1.165, 1.54) is 24.8 Å². The molecule has 0 bridgehead atoms. The first-order valence-electron chi connectivity index (χ1n) is 10.1. The minimum atomic E-state index is -1.07. The molecular weight excluding hydrogens is 348 g/mol. The maximum absolute atomic E-state index is 9.92. The van der Waals surface area contributed by atoms with Crippen molar-refractivity contribution in [1.82, 2.24) is 0 Å². The highest BCUT2D eigenvalue weighted by Crippen LogP contribution is 2.27. The van der Waals surface area contributed by atoms with Crippen molar-refractivity contribution >= 4 is 0 Å². The van der Waals surface area contributed by atoms with E-state index in [1.807, 2.05) is 12.1 Å². The van der Waals surface area contributed by atoms with Gasteiger partial charge in [0, 0.05) is 13.0 Å². The number of aryl methyl sites for hydroxylation is 1. The Kier molecular flexibility index (Phi) is 7.91. The standard InChI is InChI=1S/C21H32O6/c22-13-18-12-19(23)20(24)21(27-18)25-11-2-1-4-15-7-9-17(10-8-15)26-14-16-5-3-6-16/h7-10,16,18-24H,1-6,11-14H2/t18-,19-,20+,21+/m0/s1. The van der Waals surface area contributed by atoms with Gasteiger partial charge in [-0.2, -0.15) is 0 Å². The Bertz CT molecular complexity index is 544. The quantitative estimate of drug-likeness (QED) is 0.539. The second kappa shape index (κ2) is 10.4. The number of rotatable bonds is 10. The molecule has 4 atom stereocenters. The van der Waals surface area contributed by atoms with E-state index < -0.39 is 24.6 Å². The van der Waals surface area contributed by atoms with Gasteiger partial charge >= 0.3 is 0 Å². The monoisotopic (exact) mass is 380 g/mol. The SMILES string of the molecule is OC[C@@H]1C[C@H](O)[C@@H](O)[C@H](OCCCCc2ccc(OCC3CCC3)cc2)O1. The summed E-state index contributed by atoms with van der Waals surface area (Å²) < 4.78 is 16.8. The van der Waals surface area contributed by atoms with Gasteiger partial charge in [-0.25, -0.2) is 0 Å². The van der Waals surface area contributed by atoms with Crippen LogP contribution in [-0.2, 0) is 15.9 Å². The molecule has 1 aromatic rings. The van der Waals surface area contributed by atoms with Gasteiger partial charge in [0.25, 0.3) is 0 Å². The lowest BCUT2D eigenvalue weighted by atomic mass is 9.86. The molecule has 3 rings (SSSR count). The van der Waals surface area contributed by atoms with E-state index in [1.54, 1.807) is 0 Å². The van der Waals surface area contributed by atoms with Crippen LogP contribution in [0, 0.1) is 5.92 Å². The van der Waals surface area contributed by atoms with Crippen LogP contribution in [0.4, 0.5) is 0 Å². The second-order valence-corrected chi connectivity index (χ2v) is 7.68. The highest BCUT2D eigenvalue weighted by atomic mass is 16.7. The molecule has 1 saturated carbocycles. The summed E-state index contributed by atoms with van der Waals surface area (Å²) >= 11 is 0. The molecule has 0 aromatic heterocycles. The average Bonchev–Trinajstić information content (AvgIpc) is 2.64. The summed E-state index contributed by atoms with van der Waals surface area (Å²) in [6.45, 7) is 1.08. The van der Waals surface area contributed by atoms with Crippen molar-refractivity contribution in [3.05, 3.63) is 29.8 Å². The Morgan fingerprint density at radius 2 is 1.85 bits per heavy atom. The fraction of sp³-hybridized carbons (Fsp3) is 0.714. The Balaban J connectivity index is 1.30. The first-order valence-corrected chi connectivity index (χ1v) is 10.1. The zero-order chi connectivity index (χ0) is 19.1. The van der Waals surface area contributed by atoms with Gasteiger partial charge < -0.3 is 29.5 Å². The Morgan fingerprint density at radius 1 is 1.07 bits per heavy atom. The Labute approximate surface area is 161 Å². The summed E-state index contributed by atoms with van der Waals surface area (Å²) in [5.41, 5.74) is 1.26. The molecule has 2 aliphatic rings. The largest absolute Gasteiger partial charge is 0.493 e. The van der Waals surface area contributed by atoms with Crippen LogP contribution < -0.4 is 4.74 Å².